The van der Waals surface area contributed by atoms with Crippen LogP contribution >= 0.6 is 0 Å². The monoisotopic (exact) mass is 175 g/mol. The molecule has 3 nitrogen and oxygen atoms in total. The van der Waals surface area contributed by atoms with E-state index in [1.165, 1.54) is 6.20 Å². The van der Waals surface area contributed by atoms with Gasteiger partial charge in [0.1, 0.15) is 0 Å². The SMILES string of the molecule is O=Cc1ccncc1C#CCCO. The lowest BCUT2D eigenvalue weighted by Crippen LogP contribution is -1.88. The number of pyridine rings is 1. The van der Waals surface area contributed by atoms with Crippen molar-refractivity contribution in [1.29, 1.82) is 0 Å². The topological polar surface area (TPSA) is 50.2 Å². The van der Waals surface area contributed by atoms with Crippen molar-refractivity contribution in [3.05, 3.63) is 29.6 Å². The minimum atomic E-state index is 0.0314. The standard InChI is InChI=1S/C10H9NO2/c12-6-2-1-3-9-7-11-5-4-10(9)8-13/h4-5,7-8,12H,2,6H2. The van der Waals surface area contributed by atoms with E-state index >= 15 is 0 Å². The van der Waals surface area contributed by atoms with E-state index in [-0.39, 0.29) is 6.61 Å². The van der Waals surface area contributed by atoms with E-state index in [4.69, 9.17) is 5.11 Å². The summed E-state index contributed by atoms with van der Waals surface area (Å²) in [6.45, 7) is 0.0314. The smallest absolute Gasteiger partial charge is 0.151 e. The van der Waals surface area contributed by atoms with Gasteiger partial charge in [0.2, 0.25) is 0 Å². The van der Waals surface area contributed by atoms with Gasteiger partial charge in [-0.2, -0.15) is 0 Å². The molecule has 0 aromatic carbocycles. The molecule has 3 heteroatoms. The minimum Gasteiger partial charge on any atom is -0.395 e. The molecule has 0 atom stereocenters. The molecular formula is C10H9NO2. The largest absolute Gasteiger partial charge is 0.395 e. The van der Waals surface area contributed by atoms with Crippen LogP contribution in [0.2, 0.25) is 0 Å². The van der Waals surface area contributed by atoms with Crippen LogP contribution in [-0.2, 0) is 0 Å². The number of hydrogen-bond donors (Lipinski definition) is 1. The Bertz CT molecular complexity index is 349. The maximum Gasteiger partial charge on any atom is 0.151 e. The first-order chi connectivity index (χ1) is 6.38. The number of carbonyl (C=O) groups is 1. The molecule has 0 spiro atoms. The Balaban J connectivity index is 2.88. The van der Waals surface area contributed by atoms with Gasteiger partial charge < -0.3 is 5.11 Å². The van der Waals surface area contributed by atoms with Gasteiger partial charge >= 0.3 is 0 Å². The lowest BCUT2D eigenvalue weighted by atomic mass is 10.1. The van der Waals surface area contributed by atoms with Crippen LogP contribution in [0.5, 0.6) is 0 Å². The highest BCUT2D eigenvalue weighted by Crippen LogP contribution is 2.01. The van der Waals surface area contributed by atoms with Gasteiger partial charge in [0.15, 0.2) is 6.29 Å². The summed E-state index contributed by atoms with van der Waals surface area (Å²) in [5.74, 6) is 5.49. The van der Waals surface area contributed by atoms with Crippen molar-refractivity contribution in [2.24, 2.45) is 0 Å². The molecule has 0 aliphatic carbocycles. The Morgan fingerprint density at radius 3 is 3.15 bits per heavy atom. The first-order valence-electron chi connectivity index (χ1n) is 3.87. The number of aromatic nitrogens is 1. The van der Waals surface area contributed by atoms with Crippen molar-refractivity contribution in [3.8, 4) is 11.8 Å². The molecule has 66 valence electrons. The number of aliphatic hydroxyl groups excluding tert-OH is 1. The van der Waals surface area contributed by atoms with E-state index in [0.717, 1.165) is 6.29 Å². The quantitative estimate of drug-likeness (QED) is 0.529. The normalized spacial score (nSPS) is 8.69. The van der Waals surface area contributed by atoms with Gasteiger partial charge in [-0.05, 0) is 6.07 Å². The summed E-state index contributed by atoms with van der Waals surface area (Å²) in [5.41, 5.74) is 1.13. The molecule has 13 heavy (non-hydrogen) atoms. The average molecular weight is 175 g/mol. The third-order valence-electron chi connectivity index (χ3n) is 1.44. The highest BCUT2D eigenvalue weighted by Gasteiger charge is 1.95. The van der Waals surface area contributed by atoms with E-state index in [2.05, 4.69) is 16.8 Å². The fraction of sp³-hybridized carbons (Fsp3) is 0.200. The maximum absolute atomic E-state index is 10.5. The number of hydrogen-bond acceptors (Lipinski definition) is 3. The Labute approximate surface area is 76.4 Å². The van der Waals surface area contributed by atoms with Crippen molar-refractivity contribution in [1.82, 2.24) is 4.98 Å². The highest BCUT2D eigenvalue weighted by atomic mass is 16.2. The molecule has 1 heterocycles. The predicted molar refractivity (Wildman–Crippen MR) is 48.2 cm³/mol. The summed E-state index contributed by atoms with van der Waals surface area (Å²) in [5, 5.41) is 8.48. The van der Waals surface area contributed by atoms with Gasteiger partial charge in [-0.1, -0.05) is 11.8 Å². The molecular weight excluding hydrogens is 166 g/mol. The zero-order valence-electron chi connectivity index (χ0n) is 7.03. The van der Waals surface area contributed by atoms with Crippen molar-refractivity contribution < 1.29 is 9.90 Å². The average Bonchev–Trinajstić information content (AvgIpc) is 2.19. The second-order valence-corrected chi connectivity index (χ2v) is 2.36. The Kier molecular flexibility index (Phi) is 3.68. The van der Waals surface area contributed by atoms with Crippen LogP contribution < -0.4 is 0 Å². The van der Waals surface area contributed by atoms with Crippen molar-refractivity contribution in [3.63, 3.8) is 0 Å². The van der Waals surface area contributed by atoms with Crippen LogP contribution in [0.15, 0.2) is 18.5 Å². The van der Waals surface area contributed by atoms with Gasteiger partial charge in [0.25, 0.3) is 0 Å². The van der Waals surface area contributed by atoms with Crippen LogP contribution in [-0.4, -0.2) is 23.0 Å². The molecule has 0 amide bonds. The molecule has 1 aromatic rings. The second kappa shape index (κ2) is 5.07. The zero-order chi connectivity index (χ0) is 9.52. The molecule has 0 bridgehead atoms. The van der Waals surface area contributed by atoms with Gasteiger partial charge in [-0.3, -0.25) is 9.78 Å². The number of carbonyl (C=O) groups excluding carboxylic acids is 1. The fourth-order valence-electron chi connectivity index (χ4n) is 0.826. The van der Waals surface area contributed by atoms with E-state index in [9.17, 15) is 4.79 Å². The van der Waals surface area contributed by atoms with E-state index in [1.54, 1.807) is 12.3 Å². The molecule has 0 aliphatic heterocycles. The van der Waals surface area contributed by atoms with Crippen LogP contribution in [0.25, 0.3) is 0 Å². The summed E-state index contributed by atoms with van der Waals surface area (Å²) in [4.78, 5) is 14.4. The van der Waals surface area contributed by atoms with Crippen LogP contribution in [0.1, 0.15) is 22.3 Å². The second-order valence-electron chi connectivity index (χ2n) is 2.36. The lowest BCUT2D eigenvalue weighted by molar-refractivity contribution is 0.112. The third-order valence-corrected chi connectivity index (χ3v) is 1.44. The van der Waals surface area contributed by atoms with E-state index in [1.807, 2.05) is 0 Å². The summed E-state index contributed by atoms with van der Waals surface area (Å²) < 4.78 is 0. The maximum atomic E-state index is 10.5. The summed E-state index contributed by atoms with van der Waals surface area (Å²) >= 11 is 0. The zero-order valence-corrected chi connectivity index (χ0v) is 7.03. The van der Waals surface area contributed by atoms with Gasteiger partial charge in [0, 0.05) is 24.4 Å². The van der Waals surface area contributed by atoms with E-state index in [0.29, 0.717) is 17.5 Å². The third kappa shape index (κ3) is 2.69. The molecule has 0 unspecified atom stereocenters. The molecule has 0 aliphatic rings. The first-order valence-corrected chi connectivity index (χ1v) is 3.87. The van der Waals surface area contributed by atoms with Crippen LogP contribution in [0.4, 0.5) is 0 Å². The number of aldehydes is 1. The summed E-state index contributed by atoms with van der Waals surface area (Å²) in [6, 6.07) is 1.61. The van der Waals surface area contributed by atoms with Gasteiger partial charge in [-0.25, -0.2) is 0 Å². The van der Waals surface area contributed by atoms with Crippen molar-refractivity contribution >= 4 is 6.29 Å². The molecule has 0 saturated heterocycles. The molecule has 0 fully saturated rings. The van der Waals surface area contributed by atoms with Crippen molar-refractivity contribution in [2.45, 2.75) is 6.42 Å². The Hall–Kier alpha value is -1.66. The molecule has 0 saturated carbocycles. The number of rotatable bonds is 2. The lowest BCUT2D eigenvalue weighted by Gasteiger charge is -1.92. The molecule has 1 N–H and O–H groups in total. The summed E-state index contributed by atoms with van der Waals surface area (Å²) in [6.07, 6.45) is 4.23. The van der Waals surface area contributed by atoms with E-state index < -0.39 is 0 Å². The van der Waals surface area contributed by atoms with Crippen LogP contribution in [0.3, 0.4) is 0 Å². The Morgan fingerprint density at radius 1 is 1.62 bits per heavy atom. The number of aliphatic hydroxyl groups is 1. The van der Waals surface area contributed by atoms with Gasteiger partial charge in [-0.15, -0.1) is 0 Å². The Morgan fingerprint density at radius 2 is 2.46 bits per heavy atom. The summed E-state index contributed by atoms with van der Waals surface area (Å²) in [7, 11) is 0. The fourth-order valence-corrected chi connectivity index (χ4v) is 0.826. The molecule has 0 radical (unpaired) electrons. The minimum absolute atomic E-state index is 0.0314. The first kappa shape index (κ1) is 9.43. The van der Waals surface area contributed by atoms with Crippen molar-refractivity contribution in [2.75, 3.05) is 6.61 Å². The number of nitrogens with zero attached hydrogens (tertiary/aromatic N) is 1. The van der Waals surface area contributed by atoms with Gasteiger partial charge in [0.05, 0.1) is 12.2 Å². The molecule has 1 aromatic heterocycles. The highest BCUT2D eigenvalue weighted by molar-refractivity contribution is 5.78. The predicted octanol–water partition coefficient (Wildman–Crippen LogP) is 0.628. The molecule has 1 rings (SSSR count). The van der Waals surface area contributed by atoms with Crippen LogP contribution in [0, 0.1) is 11.8 Å².